The van der Waals surface area contributed by atoms with Crippen molar-refractivity contribution in [2.75, 3.05) is 33.4 Å². The number of halogens is 2. The minimum Gasteiger partial charge on any atom is -0.384 e. The van der Waals surface area contributed by atoms with Crippen molar-refractivity contribution in [2.45, 2.75) is 13.0 Å². The summed E-state index contributed by atoms with van der Waals surface area (Å²) in [5.74, 6) is 0.0121. The third-order valence-corrected chi connectivity index (χ3v) is 3.83. The molecule has 1 saturated heterocycles. The molecule has 1 aromatic carbocycles. The third-order valence-electron chi connectivity index (χ3n) is 3.60. The van der Waals surface area contributed by atoms with Gasteiger partial charge in [0, 0.05) is 31.8 Å². The van der Waals surface area contributed by atoms with Crippen molar-refractivity contribution in [2.24, 2.45) is 5.92 Å². The number of methoxy groups -OCH3 is 1. The molecule has 0 spiro atoms. The van der Waals surface area contributed by atoms with Crippen LogP contribution >= 0.6 is 24.0 Å². The Kier molecular flexibility index (Phi) is 7.46. The van der Waals surface area contributed by atoms with Crippen LogP contribution in [-0.4, -0.2) is 44.2 Å². The van der Waals surface area contributed by atoms with Crippen molar-refractivity contribution in [3.63, 3.8) is 0 Å². The van der Waals surface area contributed by atoms with Crippen LogP contribution in [0.5, 0.6) is 0 Å². The molecular weight excluding hydrogens is 311 g/mol. The summed E-state index contributed by atoms with van der Waals surface area (Å²) in [4.78, 5) is 14.5. The van der Waals surface area contributed by atoms with E-state index in [4.69, 9.17) is 16.3 Å². The summed E-state index contributed by atoms with van der Waals surface area (Å²) < 4.78 is 5.09. The van der Waals surface area contributed by atoms with Crippen LogP contribution < -0.4 is 5.32 Å². The number of benzene rings is 1. The fourth-order valence-electron chi connectivity index (χ4n) is 2.58. The number of ether oxygens (including phenoxy) is 1. The SMILES string of the molecule is COCC(C)C(=O)N1CCNCC1c1cccc(Cl)c1.Cl. The summed E-state index contributed by atoms with van der Waals surface area (Å²) in [5, 5.41) is 4.04. The second-order valence-corrected chi connectivity index (χ2v) is 5.60. The topological polar surface area (TPSA) is 41.6 Å². The van der Waals surface area contributed by atoms with E-state index in [1.165, 1.54) is 0 Å². The molecule has 0 radical (unpaired) electrons. The Morgan fingerprint density at radius 3 is 3.00 bits per heavy atom. The normalized spacial score (nSPS) is 19.8. The molecule has 2 rings (SSSR count). The first kappa shape index (κ1) is 18.2. The maximum absolute atomic E-state index is 12.5. The van der Waals surface area contributed by atoms with Gasteiger partial charge in [0.2, 0.25) is 5.91 Å². The Morgan fingerprint density at radius 2 is 2.33 bits per heavy atom. The van der Waals surface area contributed by atoms with Gasteiger partial charge in [0.15, 0.2) is 0 Å². The van der Waals surface area contributed by atoms with Gasteiger partial charge in [0.25, 0.3) is 0 Å². The molecule has 2 unspecified atom stereocenters. The quantitative estimate of drug-likeness (QED) is 0.921. The molecule has 0 aliphatic carbocycles. The fourth-order valence-corrected chi connectivity index (χ4v) is 2.78. The highest BCUT2D eigenvalue weighted by Crippen LogP contribution is 2.26. The molecule has 0 bridgehead atoms. The van der Waals surface area contributed by atoms with Gasteiger partial charge in [-0.2, -0.15) is 0 Å². The summed E-state index contributed by atoms with van der Waals surface area (Å²) in [7, 11) is 1.62. The van der Waals surface area contributed by atoms with E-state index in [1.807, 2.05) is 36.1 Å². The Hall–Kier alpha value is -0.810. The Bertz CT molecular complexity index is 471. The molecule has 21 heavy (non-hydrogen) atoms. The average Bonchev–Trinajstić information content (AvgIpc) is 2.47. The zero-order valence-electron chi connectivity index (χ0n) is 12.3. The summed E-state index contributed by atoms with van der Waals surface area (Å²) in [5.41, 5.74) is 1.07. The number of hydrogen-bond acceptors (Lipinski definition) is 3. The van der Waals surface area contributed by atoms with Gasteiger partial charge in [-0.1, -0.05) is 30.7 Å². The van der Waals surface area contributed by atoms with Crippen LogP contribution in [0.15, 0.2) is 24.3 Å². The number of carbonyl (C=O) groups excluding carboxylic acids is 1. The lowest BCUT2D eigenvalue weighted by atomic mass is 10.0. The largest absolute Gasteiger partial charge is 0.384 e. The molecule has 1 fully saturated rings. The van der Waals surface area contributed by atoms with E-state index < -0.39 is 0 Å². The first-order valence-electron chi connectivity index (χ1n) is 6.89. The second kappa shape index (κ2) is 8.59. The molecule has 2 atom stereocenters. The highest BCUT2D eigenvalue weighted by molar-refractivity contribution is 6.30. The van der Waals surface area contributed by atoms with Crippen LogP contribution in [0.4, 0.5) is 0 Å². The average molecular weight is 333 g/mol. The predicted octanol–water partition coefficient (Wildman–Crippen LogP) is 2.52. The molecule has 1 amide bonds. The highest BCUT2D eigenvalue weighted by atomic mass is 35.5. The minimum atomic E-state index is -0.125. The van der Waals surface area contributed by atoms with Crippen molar-refractivity contribution in [1.29, 1.82) is 0 Å². The summed E-state index contributed by atoms with van der Waals surface area (Å²) >= 11 is 6.06. The molecular formula is C15H22Cl2N2O2. The van der Waals surface area contributed by atoms with Crippen LogP contribution in [0.2, 0.25) is 5.02 Å². The fraction of sp³-hybridized carbons (Fsp3) is 0.533. The van der Waals surface area contributed by atoms with Crippen LogP contribution in [0, 0.1) is 5.92 Å². The first-order chi connectivity index (χ1) is 9.63. The van der Waals surface area contributed by atoms with Gasteiger partial charge in [-0.25, -0.2) is 0 Å². The van der Waals surface area contributed by atoms with Crippen LogP contribution in [0.1, 0.15) is 18.5 Å². The third kappa shape index (κ3) is 4.58. The molecule has 0 saturated carbocycles. The summed E-state index contributed by atoms with van der Waals surface area (Å²) in [6.07, 6.45) is 0. The van der Waals surface area contributed by atoms with Crippen LogP contribution in [0.25, 0.3) is 0 Å². The number of carbonyl (C=O) groups is 1. The lowest BCUT2D eigenvalue weighted by Crippen LogP contribution is -2.50. The maximum atomic E-state index is 12.5. The van der Waals surface area contributed by atoms with Gasteiger partial charge >= 0.3 is 0 Å². The van der Waals surface area contributed by atoms with Gasteiger partial charge < -0.3 is 15.0 Å². The smallest absolute Gasteiger partial charge is 0.228 e. The van der Waals surface area contributed by atoms with Crippen molar-refractivity contribution in [3.05, 3.63) is 34.9 Å². The molecule has 0 aromatic heterocycles. The van der Waals surface area contributed by atoms with E-state index in [1.54, 1.807) is 7.11 Å². The molecule has 4 nitrogen and oxygen atoms in total. The van der Waals surface area contributed by atoms with E-state index in [-0.39, 0.29) is 30.3 Å². The highest BCUT2D eigenvalue weighted by Gasteiger charge is 2.30. The zero-order chi connectivity index (χ0) is 14.5. The van der Waals surface area contributed by atoms with Crippen molar-refractivity contribution < 1.29 is 9.53 Å². The van der Waals surface area contributed by atoms with Crippen molar-refractivity contribution in [1.82, 2.24) is 10.2 Å². The molecule has 1 aliphatic heterocycles. The van der Waals surface area contributed by atoms with E-state index in [2.05, 4.69) is 5.32 Å². The van der Waals surface area contributed by atoms with Gasteiger partial charge in [-0.3, -0.25) is 4.79 Å². The van der Waals surface area contributed by atoms with E-state index in [0.717, 1.165) is 18.7 Å². The molecule has 6 heteroatoms. The Labute approximate surface area is 137 Å². The van der Waals surface area contributed by atoms with Crippen LogP contribution in [-0.2, 0) is 9.53 Å². The first-order valence-corrected chi connectivity index (χ1v) is 7.27. The van der Waals surface area contributed by atoms with Crippen molar-refractivity contribution >= 4 is 29.9 Å². The Balaban J connectivity index is 0.00000220. The lowest BCUT2D eigenvalue weighted by molar-refractivity contribution is -0.140. The maximum Gasteiger partial charge on any atom is 0.228 e. The van der Waals surface area contributed by atoms with E-state index in [9.17, 15) is 4.79 Å². The summed E-state index contributed by atoms with van der Waals surface area (Å²) in [6.45, 7) is 4.65. The molecule has 1 aliphatic rings. The second-order valence-electron chi connectivity index (χ2n) is 5.16. The van der Waals surface area contributed by atoms with E-state index in [0.29, 0.717) is 18.2 Å². The monoisotopic (exact) mass is 332 g/mol. The number of nitrogens with zero attached hydrogens (tertiary/aromatic N) is 1. The number of nitrogens with one attached hydrogen (secondary N) is 1. The molecule has 118 valence electrons. The zero-order valence-corrected chi connectivity index (χ0v) is 13.9. The number of piperazine rings is 1. The van der Waals surface area contributed by atoms with Gasteiger partial charge in [-0.15, -0.1) is 12.4 Å². The minimum absolute atomic E-state index is 0. The van der Waals surface area contributed by atoms with Crippen molar-refractivity contribution in [3.8, 4) is 0 Å². The van der Waals surface area contributed by atoms with Gasteiger partial charge in [0.05, 0.1) is 18.6 Å². The predicted molar refractivity (Wildman–Crippen MR) is 87.1 cm³/mol. The van der Waals surface area contributed by atoms with E-state index >= 15 is 0 Å². The standard InChI is InChI=1S/C15H21ClN2O2.ClH/c1-11(10-20-2)15(19)18-7-6-17-9-14(18)12-4-3-5-13(16)8-12;/h3-5,8,11,14,17H,6-7,9-10H2,1-2H3;1H. The Morgan fingerprint density at radius 1 is 1.57 bits per heavy atom. The number of amides is 1. The van der Waals surface area contributed by atoms with Gasteiger partial charge in [-0.05, 0) is 17.7 Å². The van der Waals surface area contributed by atoms with Crippen LogP contribution in [0.3, 0.4) is 0 Å². The molecule has 1 heterocycles. The molecule has 1 aromatic rings. The lowest BCUT2D eigenvalue weighted by Gasteiger charge is -2.38. The molecule has 1 N–H and O–H groups in total. The number of hydrogen-bond donors (Lipinski definition) is 1. The number of rotatable bonds is 4. The summed E-state index contributed by atoms with van der Waals surface area (Å²) in [6, 6.07) is 7.76. The van der Waals surface area contributed by atoms with Gasteiger partial charge in [0.1, 0.15) is 0 Å².